The molecule has 0 atom stereocenters. The number of rotatable bonds is 2. The summed E-state index contributed by atoms with van der Waals surface area (Å²) in [6.07, 6.45) is 3.40. The molecule has 2 aromatic carbocycles. The lowest BCUT2D eigenvalue weighted by Gasteiger charge is -2.27. The first-order chi connectivity index (χ1) is 10.3. The smallest absolute Gasteiger partial charge is 0.172 e. The average Bonchev–Trinajstić information content (AvgIpc) is 2.76. The van der Waals surface area contributed by atoms with E-state index in [1.807, 2.05) is 24.3 Å². The zero-order valence-electron chi connectivity index (χ0n) is 11.9. The van der Waals surface area contributed by atoms with Gasteiger partial charge in [0, 0.05) is 17.8 Å². The molecule has 0 amide bonds. The molecule has 21 heavy (non-hydrogen) atoms. The van der Waals surface area contributed by atoms with Gasteiger partial charge in [-0.05, 0) is 43.0 Å². The molecular formula is C17H19N3O. The maximum absolute atomic E-state index is 9.01. The molecule has 3 N–H and O–H groups in total. The van der Waals surface area contributed by atoms with Crippen molar-refractivity contribution < 1.29 is 5.21 Å². The molecule has 4 nitrogen and oxygen atoms in total. The van der Waals surface area contributed by atoms with Crippen molar-refractivity contribution in [2.45, 2.75) is 19.3 Å². The maximum atomic E-state index is 9.01. The Morgan fingerprint density at radius 1 is 1.00 bits per heavy atom. The second kappa shape index (κ2) is 5.87. The van der Waals surface area contributed by atoms with Crippen LogP contribution in [0.25, 0.3) is 0 Å². The van der Waals surface area contributed by atoms with Crippen LogP contribution in [-0.4, -0.2) is 17.6 Å². The van der Waals surface area contributed by atoms with E-state index in [1.165, 1.54) is 17.7 Å². The van der Waals surface area contributed by atoms with Crippen molar-refractivity contribution >= 4 is 17.2 Å². The van der Waals surface area contributed by atoms with Gasteiger partial charge in [0.2, 0.25) is 0 Å². The van der Waals surface area contributed by atoms with Crippen molar-refractivity contribution in [3.8, 4) is 0 Å². The van der Waals surface area contributed by atoms with E-state index < -0.39 is 0 Å². The summed E-state index contributed by atoms with van der Waals surface area (Å²) in [6, 6.07) is 16.3. The van der Waals surface area contributed by atoms with Gasteiger partial charge < -0.3 is 15.8 Å². The molecule has 1 heterocycles. The summed E-state index contributed by atoms with van der Waals surface area (Å²) >= 11 is 0. The Hall–Kier alpha value is -2.49. The molecule has 3 rings (SSSR count). The Labute approximate surface area is 124 Å². The van der Waals surface area contributed by atoms with Crippen LogP contribution in [0.5, 0.6) is 0 Å². The molecule has 2 aromatic rings. The molecule has 0 saturated heterocycles. The minimum absolute atomic E-state index is 0.146. The van der Waals surface area contributed by atoms with Crippen LogP contribution in [0, 0.1) is 0 Å². The SMILES string of the molecule is NC(=NO)c1ccccc1N1CCCCc2ccccc21. The Bertz CT molecular complexity index is 667. The van der Waals surface area contributed by atoms with Crippen LogP contribution < -0.4 is 10.6 Å². The molecule has 1 aliphatic rings. The highest BCUT2D eigenvalue weighted by atomic mass is 16.4. The molecule has 0 bridgehead atoms. The predicted molar refractivity (Wildman–Crippen MR) is 85.3 cm³/mol. The number of anilines is 2. The summed E-state index contributed by atoms with van der Waals surface area (Å²) in [4.78, 5) is 2.27. The van der Waals surface area contributed by atoms with Crippen molar-refractivity contribution in [2.24, 2.45) is 10.9 Å². The largest absolute Gasteiger partial charge is 0.409 e. The van der Waals surface area contributed by atoms with Gasteiger partial charge in [0.25, 0.3) is 0 Å². The number of hydrogen-bond donors (Lipinski definition) is 2. The lowest BCUT2D eigenvalue weighted by molar-refractivity contribution is 0.318. The van der Waals surface area contributed by atoms with Gasteiger partial charge in [-0.2, -0.15) is 0 Å². The third-order valence-electron chi connectivity index (χ3n) is 3.94. The van der Waals surface area contributed by atoms with E-state index >= 15 is 0 Å². The number of amidine groups is 1. The zero-order chi connectivity index (χ0) is 14.7. The molecule has 0 aliphatic carbocycles. The Morgan fingerprint density at radius 3 is 2.52 bits per heavy atom. The van der Waals surface area contributed by atoms with Crippen LogP contribution >= 0.6 is 0 Å². The monoisotopic (exact) mass is 281 g/mol. The van der Waals surface area contributed by atoms with Gasteiger partial charge in [-0.15, -0.1) is 0 Å². The number of aryl methyl sites for hydroxylation is 1. The Balaban J connectivity index is 2.13. The fourth-order valence-corrected chi connectivity index (χ4v) is 2.92. The topological polar surface area (TPSA) is 61.9 Å². The number of para-hydroxylation sites is 2. The van der Waals surface area contributed by atoms with Gasteiger partial charge in [-0.1, -0.05) is 35.5 Å². The van der Waals surface area contributed by atoms with Gasteiger partial charge in [0.05, 0.1) is 5.69 Å². The number of oxime groups is 1. The van der Waals surface area contributed by atoms with E-state index in [0.29, 0.717) is 0 Å². The lowest BCUT2D eigenvalue weighted by atomic mass is 10.1. The molecular weight excluding hydrogens is 262 g/mol. The Morgan fingerprint density at radius 2 is 1.71 bits per heavy atom. The van der Waals surface area contributed by atoms with Gasteiger partial charge in [-0.25, -0.2) is 0 Å². The van der Waals surface area contributed by atoms with Gasteiger partial charge >= 0.3 is 0 Å². The molecule has 4 heteroatoms. The molecule has 0 spiro atoms. The summed E-state index contributed by atoms with van der Waals surface area (Å²) in [7, 11) is 0. The fraction of sp³-hybridized carbons (Fsp3) is 0.235. The van der Waals surface area contributed by atoms with Crippen molar-refractivity contribution in [2.75, 3.05) is 11.4 Å². The lowest BCUT2D eigenvalue weighted by Crippen LogP contribution is -2.23. The third-order valence-corrected chi connectivity index (χ3v) is 3.94. The van der Waals surface area contributed by atoms with Gasteiger partial charge in [0.1, 0.15) is 0 Å². The first-order valence-electron chi connectivity index (χ1n) is 7.23. The molecule has 0 saturated carbocycles. The zero-order valence-corrected chi connectivity index (χ0v) is 11.9. The molecule has 0 aromatic heterocycles. The van der Waals surface area contributed by atoms with Crippen molar-refractivity contribution in [1.82, 2.24) is 0 Å². The van der Waals surface area contributed by atoms with Gasteiger partial charge in [0.15, 0.2) is 5.84 Å². The number of hydrogen-bond acceptors (Lipinski definition) is 3. The molecule has 1 aliphatic heterocycles. The Kier molecular flexibility index (Phi) is 3.77. The maximum Gasteiger partial charge on any atom is 0.172 e. The van der Waals surface area contributed by atoms with Gasteiger partial charge in [-0.3, -0.25) is 0 Å². The second-order valence-electron chi connectivity index (χ2n) is 5.24. The highest BCUT2D eigenvalue weighted by Crippen LogP contribution is 2.34. The van der Waals surface area contributed by atoms with Crippen molar-refractivity contribution in [3.63, 3.8) is 0 Å². The molecule has 0 radical (unpaired) electrons. The molecule has 0 unspecified atom stereocenters. The van der Waals surface area contributed by atoms with E-state index in [4.69, 9.17) is 10.9 Å². The number of fused-ring (bicyclic) bond motifs is 1. The summed E-state index contributed by atoms with van der Waals surface area (Å²) in [5.41, 5.74) is 10.2. The van der Waals surface area contributed by atoms with Crippen molar-refractivity contribution in [3.05, 3.63) is 59.7 Å². The van der Waals surface area contributed by atoms with E-state index in [2.05, 4.69) is 34.3 Å². The molecule has 108 valence electrons. The average molecular weight is 281 g/mol. The minimum atomic E-state index is 0.146. The van der Waals surface area contributed by atoms with Crippen LogP contribution in [0.15, 0.2) is 53.7 Å². The van der Waals surface area contributed by atoms with E-state index in [9.17, 15) is 0 Å². The van der Waals surface area contributed by atoms with Crippen LogP contribution in [-0.2, 0) is 6.42 Å². The van der Waals surface area contributed by atoms with E-state index in [-0.39, 0.29) is 5.84 Å². The first kappa shape index (κ1) is 13.5. The number of nitrogens with zero attached hydrogens (tertiary/aromatic N) is 2. The predicted octanol–water partition coefficient (Wildman–Crippen LogP) is 3.26. The normalized spacial score (nSPS) is 15.4. The first-order valence-corrected chi connectivity index (χ1v) is 7.23. The van der Waals surface area contributed by atoms with Crippen LogP contribution in [0.4, 0.5) is 11.4 Å². The third kappa shape index (κ3) is 2.57. The van der Waals surface area contributed by atoms with Crippen LogP contribution in [0.3, 0.4) is 0 Å². The summed E-state index contributed by atoms with van der Waals surface area (Å²) in [5, 5.41) is 12.2. The summed E-state index contributed by atoms with van der Waals surface area (Å²) in [5.74, 6) is 0.146. The van der Waals surface area contributed by atoms with Crippen LogP contribution in [0.2, 0.25) is 0 Å². The van der Waals surface area contributed by atoms with Crippen molar-refractivity contribution in [1.29, 1.82) is 0 Å². The van der Waals surface area contributed by atoms with E-state index in [0.717, 1.165) is 30.6 Å². The quantitative estimate of drug-likeness (QED) is 0.384. The minimum Gasteiger partial charge on any atom is -0.409 e. The summed E-state index contributed by atoms with van der Waals surface area (Å²) < 4.78 is 0. The molecule has 0 fully saturated rings. The highest BCUT2D eigenvalue weighted by molar-refractivity contribution is 6.03. The van der Waals surface area contributed by atoms with E-state index in [1.54, 1.807) is 0 Å². The van der Waals surface area contributed by atoms with Crippen LogP contribution in [0.1, 0.15) is 24.0 Å². The highest BCUT2D eigenvalue weighted by Gasteiger charge is 2.19. The number of benzene rings is 2. The second-order valence-corrected chi connectivity index (χ2v) is 5.24. The fourth-order valence-electron chi connectivity index (χ4n) is 2.92. The summed E-state index contributed by atoms with van der Waals surface area (Å²) in [6.45, 7) is 0.937. The number of nitrogens with two attached hydrogens (primary N) is 1. The standard InChI is InChI=1S/C17H19N3O/c18-17(19-21)14-9-2-4-11-16(14)20-12-6-5-8-13-7-1-3-10-15(13)20/h1-4,7,9-11,21H,5-6,8,12H2,(H2,18,19).